The van der Waals surface area contributed by atoms with Gasteiger partial charge in [0.1, 0.15) is 17.8 Å². The molecule has 0 spiro atoms. The number of aryl methyl sites for hydroxylation is 1. The fraction of sp³-hybridized carbons (Fsp3) is 0.348. The largest absolute Gasteiger partial charge is 0.415 e. The van der Waals surface area contributed by atoms with E-state index in [2.05, 4.69) is 5.32 Å². The van der Waals surface area contributed by atoms with Crippen molar-refractivity contribution in [1.82, 2.24) is 15.1 Å². The van der Waals surface area contributed by atoms with Gasteiger partial charge in [0, 0.05) is 13.1 Å². The Labute approximate surface area is 180 Å². The molecule has 0 unspecified atom stereocenters. The van der Waals surface area contributed by atoms with Crippen LogP contribution in [0.4, 0.5) is 4.79 Å². The van der Waals surface area contributed by atoms with Gasteiger partial charge in [-0.05, 0) is 24.6 Å². The second-order valence-corrected chi connectivity index (χ2v) is 7.74. The number of ether oxygens (including phenoxy) is 2. The smallest absolute Gasteiger partial charge is 0.410 e. The third-order valence-corrected chi connectivity index (χ3v) is 5.46. The highest BCUT2D eigenvalue weighted by atomic mass is 16.6. The number of nitrogens with one attached hydrogen (secondary N) is 1. The Morgan fingerprint density at radius 2 is 1.81 bits per heavy atom. The molecule has 1 N–H and O–H groups in total. The van der Waals surface area contributed by atoms with Crippen molar-refractivity contribution >= 4 is 17.9 Å². The van der Waals surface area contributed by atoms with Crippen molar-refractivity contribution in [2.45, 2.75) is 25.6 Å². The fourth-order valence-corrected chi connectivity index (χ4v) is 3.72. The summed E-state index contributed by atoms with van der Waals surface area (Å²) in [4.78, 5) is 41.0. The molecule has 162 valence electrons. The molecule has 3 amide bonds. The maximum absolute atomic E-state index is 12.8. The zero-order valence-corrected chi connectivity index (χ0v) is 17.3. The predicted octanol–water partition coefficient (Wildman–Crippen LogP) is 1.72. The molecule has 0 bridgehead atoms. The summed E-state index contributed by atoms with van der Waals surface area (Å²) in [6.07, 6.45) is -0.530. The van der Waals surface area contributed by atoms with E-state index in [9.17, 15) is 14.4 Å². The van der Waals surface area contributed by atoms with Crippen molar-refractivity contribution in [3.05, 3.63) is 65.7 Å². The van der Waals surface area contributed by atoms with Crippen molar-refractivity contribution in [2.24, 2.45) is 0 Å². The molecule has 2 saturated heterocycles. The molecule has 4 rings (SSSR count). The first kappa shape index (κ1) is 20.9. The Morgan fingerprint density at radius 3 is 2.55 bits per heavy atom. The van der Waals surface area contributed by atoms with Crippen molar-refractivity contribution in [3.63, 3.8) is 0 Å². The second-order valence-electron chi connectivity index (χ2n) is 7.74. The van der Waals surface area contributed by atoms with Gasteiger partial charge in [-0.1, -0.05) is 48.0 Å². The van der Waals surface area contributed by atoms with Gasteiger partial charge in [0.2, 0.25) is 11.8 Å². The molecule has 2 aromatic carbocycles. The monoisotopic (exact) mass is 423 g/mol. The molecule has 2 heterocycles. The van der Waals surface area contributed by atoms with E-state index < -0.39 is 18.2 Å². The van der Waals surface area contributed by atoms with Gasteiger partial charge >= 0.3 is 6.09 Å². The van der Waals surface area contributed by atoms with E-state index in [1.807, 2.05) is 49.4 Å². The number of nitrogens with zero attached hydrogens (tertiary/aromatic N) is 2. The van der Waals surface area contributed by atoms with E-state index in [-0.39, 0.29) is 31.5 Å². The zero-order chi connectivity index (χ0) is 21.8. The van der Waals surface area contributed by atoms with Crippen LogP contribution < -0.4 is 10.1 Å². The summed E-state index contributed by atoms with van der Waals surface area (Å²) in [5.41, 5.74) is 2.06. The van der Waals surface area contributed by atoms with E-state index in [0.717, 1.165) is 11.1 Å². The third-order valence-electron chi connectivity index (χ3n) is 5.46. The lowest BCUT2D eigenvalue weighted by atomic mass is 10.0. The average Bonchev–Trinajstić information content (AvgIpc) is 2.79. The Balaban J connectivity index is 1.31. The molecular formula is C23H25N3O5. The topological polar surface area (TPSA) is 88.2 Å². The van der Waals surface area contributed by atoms with Crippen LogP contribution in [0.2, 0.25) is 0 Å². The lowest BCUT2D eigenvalue weighted by Gasteiger charge is -2.44. The summed E-state index contributed by atoms with van der Waals surface area (Å²) < 4.78 is 11.0. The summed E-state index contributed by atoms with van der Waals surface area (Å²) in [5.74, 6) is -0.0391. The molecule has 2 aromatic rings. The maximum atomic E-state index is 12.8. The zero-order valence-electron chi connectivity index (χ0n) is 17.3. The third kappa shape index (κ3) is 4.86. The lowest BCUT2D eigenvalue weighted by Crippen LogP contribution is -2.70. The normalized spacial score (nSPS) is 20.8. The van der Waals surface area contributed by atoms with E-state index in [1.165, 1.54) is 9.80 Å². The Bertz CT molecular complexity index is 947. The van der Waals surface area contributed by atoms with Crippen LogP contribution in [-0.4, -0.2) is 66.0 Å². The summed E-state index contributed by atoms with van der Waals surface area (Å²) >= 11 is 0. The molecule has 0 radical (unpaired) electrons. The van der Waals surface area contributed by atoms with E-state index in [0.29, 0.717) is 18.9 Å². The van der Waals surface area contributed by atoms with E-state index >= 15 is 0 Å². The minimum absolute atomic E-state index is 0.0971. The van der Waals surface area contributed by atoms with Crippen LogP contribution in [0.1, 0.15) is 11.1 Å². The minimum atomic E-state index is -0.725. The van der Waals surface area contributed by atoms with Crippen molar-refractivity contribution < 1.29 is 23.9 Å². The van der Waals surface area contributed by atoms with Crippen LogP contribution >= 0.6 is 0 Å². The minimum Gasteiger partial charge on any atom is -0.410 e. The molecule has 0 aliphatic carbocycles. The molecule has 31 heavy (non-hydrogen) atoms. The van der Waals surface area contributed by atoms with Gasteiger partial charge in [-0.25, -0.2) is 4.79 Å². The van der Waals surface area contributed by atoms with Gasteiger partial charge in [0.05, 0.1) is 19.8 Å². The number of piperazine rings is 2. The van der Waals surface area contributed by atoms with Crippen LogP contribution in [0.3, 0.4) is 0 Å². The van der Waals surface area contributed by atoms with Gasteiger partial charge in [-0.15, -0.1) is 0 Å². The number of hydrogen-bond donors (Lipinski definition) is 1. The fourth-order valence-electron chi connectivity index (χ4n) is 3.72. The Morgan fingerprint density at radius 1 is 1.06 bits per heavy atom. The van der Waals surface area contributed by atoms with Gasteiger partial charge in [-0.3, -0.25) is 9.59 Å². The first-order valence-electron chi connectivity index (χ1n) is 10.3. The summed E-state index contributed by atoms with van der Waals surface area (Å²) in [7, 11) is 0. The second kappa shape index (κ2) is 9.18. The van der Waals surface area contributed by atoms with Crippen LogP contribution in [0.15, 0.2) is 54.6 Å². The maximum Gasteiger partial charge on any atom is 0.415 e. The standard InChI is InChI=1S/C23H25N3O5/c1-16-7-9-18(10-8-16)31-23(29)25-11-12-26-20(13-25)21(27)24-19(22(26)28)15-30-14-17-5-3-2-4-6-17/h2-10,19-20H,11-15H2,1H3,(H,24,27)/t19-,20+/m0/s1. The predicted molar refractivity (Wildman–Crippen MR) is 112 cm³/mol. The SMILES string of the molecule is Cc1ccc(OC(=O)N2CCN3C(=O)[C@H](COCc4ccccc4)NC(=O)[C@H]3C2)cc1. The van der Waals surface area contributed by atoms with Crippen LogP contribution in [0.25, 0.3) is 0 Å². The molecule has 2 atom stereocenters. The van der Waals surface area contributed by atoms with Crippen molar-refractivity contribution in [2.75, 3.05) is 26.2 Å². The number of carbonyl (C=O) groups excluding carboxylic acids is 3. The number of rotatable bonds is 5. The van der Waals surface area contributed by atoms with Crippen molar-refractivity contribution in [1.29, 1.82) is 0 Å². The molecular weight excluding hydrogens is 398 g/mol. The number of carbonyl (C=O) groups is 3. The number of fused-ring (bicyclic) bond motifs is 1. The lowest BCUT2D eigenvalue weighted by molar-refractivity contribution is -0.154. The number of amides is 3. The first-order valence-corrected chi connectivity index (χ1v) is 10.3. The molecule has 2 aliphatic rings. The summed E-state index contributed by atoms with van der Waals surface area (Å²) in [6, 6.07) is 15.3. The van der Waals surface area contributed by atoms with Gasteiger partial charge < -0.3 is 24.6 Å². The quantitative estimate of drug-likeness (QED) is 0.791. The molecule has 0 saturated carbocycles. The average molecular weight is 423 g/mol. The first-order chi connectivity index (χ1) is 15.0. The summed E-state index contributed by atoms with van der Waals surface area (Å²) in [6.45, 7) is 3.08. The highest BCUT2D eigenvalue weighted by Crippen LogP contribution is 2.19. The summed E-state index contributed by atoms with van der Waals surface area (Å²) in [5, 5.41) is 2.73. The Hall–Kier alpha value is -3.39. The Kier molecular flexibility index (Phi) is 6.18. The van der Waals surface area contributed by atoms with E-state index in [1.54, 1.807) is 12.1 Å². The van der Waals surface area contributed by atoms with Crippen molar-refractivity contribution in [3.8, 4) is 5.75 Å². The van der Waals surface area contributed by atoms with Gasteiger partial charge in [-0.2, -0.15) is 0 Å². The molecule has 8 heteroatoms. The highest BCUT2D eigenvalue weighted by Gasteiger charge is 2.44. The van der Waals surface area contributed by atoms with Gasteiger partial charge in [0.15, 0.2) is 0 Å². The molecule has 0 aromatic heterocycles. The number of benzene rings is 2. The highest BCUT2D eigenvalue weighted by molar-refractivity contribution is 5.97. The van der Waals surface area contributed by atoms with Crippen LogP contribution in [0, 0.1) is 6.92 Å². The molecule has 2 fully saturated rings. The van der Waals surface area contributed by atoms with Crippen LogP contribution in [-0.2, 0) is 20.9 Å². The molecule has 8 nitrogen and oxygen atoms in total. The van der Waals surface area contributed by atoms with Crippen LogP contribution in [0.5, 0.6) is 5.75 Å². The van der Waals surface area contributed by atoms with Gasteiger partial charge in [0.25, 0.3) is 0 Å². The van der Waals surface area contributed by atoms with E-state index in [4.69, 9.17) is 9.47 Å². The number of hydrogen-bond acceptors (Lipinski definition) is 5. The molecule has 2 aliphatic heterocycles.